The molecule has 0 unspecified atom stereocenters. The maximum atomic E-state index is 12.0. The second-order valence-corrected chi connectivity index (χ2v) is 6.05. The molecule has 0 spiro atoms. The number of benzene rings is 1. The first-order valence-corrected chi connectivity index (χ1v) is 8.63. The summed E-state index contributed by atoms with van der Waals surface area (Å²) in [5.41, 5.74) is 2.00. The van der Waals surface area contributed by atoms with E-state index < -0.39 is 11.9 Å². The topological polar surface area (TPSA) is 104 Å². The lowest BCUT2D eigenvalue weighted by molar-refractivity contribution is -0.124. The number of rotatable bonds is 8. The van der Waals surface area contributed by atoms with Crippen LogP contribution < -0.4 is 10.1 Å². The fourth-order valence-corrected chi connectivity index (χ4v) is 2.42. The Morgan fingerprint density at radius 2 is 1.93 bits per heavy atom. The number of esters is 1. The van der Waals surface area contributed by atoms with Gasteiger partial charge in [0.05, 0.1) is 29.6 Å². The van der Waals surface area contributed by atoms with E-state index in [1.807, 2.05) is 13.8 Å². The first kappa shape index (κ1) is 19.2. The van der Waals surface area contributed by atoms with Crippen LogP contribution in [0.5, 0.6) is 5.75 Å². The van der Waals surface area contributed by atoms with Gasteiger partial charge in [0.1, 0.15) is 23.9 Å². The number of hydrogen-bond donors (Lipinski definition) is 1. The van der Waals surface area contributed by atoms with Gasteiger partial charge < -0.3 is 23.7 Å². The third kappa shape index (κ3) is 5.00. The Morgan fingerprint density at radius 3 is 2.57 bits per heavy atom. The van der Waals surface area contributed by atoms with Gasteiger partial charge in [0.15, 0.2) is 6.61 Å². The quantitative estimate of drug-likeness (QED) is 0.596. The summed E-state index contributed by atoms with van der Waals surface area (Å²) in [4.78, 5) is 23.8. The van der Waals surface area contributed by atoms with E-state index in [4.69, 9.17) is 18.4 Å². The van der Waals surface area contributed by atoms with Crippen LogP contribution >= 0.6 is 0 Å². The first-order valence-electron chi connectivity index (χ1n) is 8.63. The van der Waals surface area contributed by atoms with E-state index in [2.05, 4.69) is 10.5 Å². The smallest absolute Gasteiger partial charge is 0.338 e. The van der Waals surface area contributed by atoms with Crippen molar-refractivity contribution in [2.24, 2.45) is 0 Å². The summed E-state index contributed by atoms with van der Waals surface area (Å²) in [7, 11) is 0. The molecule has 0 aliphatic carbocycles. The Labute approximate surface area is 161 Å². The van der Waals surface area contributed by atoms with Crippen LogP contribution in [0.3, 0.4) is 0 Å². The number of aromatic nitrogens is 1. The minimum Gasteiger partial charge on any atom is -0.489 e. The molecule has 0 fully saturated rings. The molecule has 1 amide bonds. The van der Waals surface area contributed by atoms with E-state index >= 15 is 0 Å². The highest BCUT2D eigenvalue weighted by atomic mass is 16.5. The van der Waals surface area contributed by atoms with Crippen molar-refractivity contribution in [3.63, 3.8) is 0 Å². The van der Waals surface area contributed by atoms with E-state index in [0.717, 1.165) is 11.3 Å². The van der Waals surface area contributed by atoms with Crippen molar-refractivity contribution in [1.29, 1.82) is 0 Å². The second-order valence-electron chi connectivity index (χ2n) is 6.05. The van der Waals surface area contributed by atoms with Crippen molar-refractivity contribution in [2.45, 2.75) is 27.0 Å². The van der Waals surface area contributed by atoms with Gasteiger partial charge in [-0.1, -0.05) is 5.16 Å². The third-order valence-electron chi connectivity index (χ3n) is 4.03. The van der Waals surface area contributed by atoms with Gasteiger partial charge in [0.25, 0.3) is 5.91 Å². The van der Waals surface area contributed by atoms with Crippen molar-refractivity contribution >= 4 is 11.9 Å². The number of carbonyl (C=O) groups excluding carboxylic acids is 2. The lowest BCUT2D eigenvalue weighted by atomic mass is 10.2. The van der Waals surface area contributed by atoms with Gasteiger partial charge >= 0.3 is 5.97 Å². The number of carbonyl (C=O) groups is 2. The molecule has 1 N–H and O–H groups in total. The predicted molar refractivity (Wildman–Crippen MR) is 97.6 cm³/mol. The minimum atomic E-state index is -0.592. The standard InChI is InChI=1S/C20H20N2O6/c1-13-18(14(2)28-22-13)11-26-16-7-5-15(6-8-16)20(24)27-12-19(23)21-10-17-4-3-9-25-17/h3-9H,10-12H2,1-2H3,(H,21,23). The zero-order valence-corrected chi connectivity index (χ0v) is 15.6. The number of hydrogen-bond acceptors (Lipinski definition) is 7. The molecular formula is C20H20N2O6. The van der Waals surface area contributed by atoms with Gasteiger partial charge in [-0.25, -0.2) is 4.79 Å². The van der Waals surface area contributed by atoms with E-state index in [-0.39, 0.29) is 13.2 Å². The SMILES string of the molecule is Cc1noc(C)c1COc1ccc(C(=O)OCC(=O)NCc2ccco2)cc1. The number of aryl methyl sites for hydroxylation is 2. The summed E-state index contributed by atoms with van der Waals surface area (Å²) in [6.07, 6.45) is 1.52. The molecule has 3 rings (SSSR count). The summed E-state index contributed by atoms with van der Waals surface area (Å²) in [5.74, 6) is 0.914. The normalized spacial score (nSPS) is 10.5. The van der Waals surface area contributed by atoms with Crippen LogP contribution in [0, 0.1) is 13.8 Å². The van der Waals surface area contributed by atoms with Crippen LogP contribution in [0.1, 0.15) is 33.1 Å². The van der Waals surface area contributed by atoms with Crippen molar-refractivity contribution in [3.8, 4) is 5.75 Å². The number of furan rings is 1. The monoisotopic (exact) mass is 384 g/mol. The van der Waals surface area contributed by atoms with Crippen molar-refractivity contribution < 1.29 is 28.0 Å². The Hall–Kier alpha value is -3.55. The first-order chi connectivity index (χ1) is 13.5. The van der Waals surface area contributed by atoms with E-state index in [9.17, 15) is 9.59 Å². The molecule has 28 heavy (non-hydrogen) atoms. The van der Waals surface area contributed by atoms with Crippen LogP contribution in [0.15, 0.2) is 51.6 Å². The highest BCUT2D eigenvalue weighted by molar-refractivity contribution is 5.91. The molecule has 0 aliphatic heterocycles. The van der Waals surface area contributed by atoms with E-state index in [1.165, 1.54) is 6.26 Å². The van der Waals surface area contributed by atoms with Crippen LogP contribution in [0.2, 0.25) is 0 Å². The maximum absolute atomic E-state index is 12.0. The number of ether oxygens (including phenoxy) is 2. The van der Waals surface area contributed by atoms with Crippen molar-refractivity contribution in [3.05, 3.63) is 71.0 Å². The van der Waals surface area contributed by atoms with Crippen molar-refractivity contribution in [2.75, 3.05) is 6.61 Å². The average molecular weight is 384 g/mol. The zero-order chi connectivity index (χ0) is 19.9. The Morgan fingerprint density at radius 1 is 1.14 bits per heavy atom. The van der Waals surface area contributed by atoms with Crippen LogP contribution in [-0.4, -0.2) is 23.6 Å². The molecule has 0 atom stereocenters. The third-order valence-corrected chi connectivity index (χ3v) is 4.03. The number of nitrogens with zero attached hydrogens (tertiary/aromatic N) is 1. The molecule has 0 aliphatic rings. The Balaban J connectivity index is 1.44. The zero-order valence-electron chi connectivity index (χ0n) is 15.6. The molecule has 3 aromatic rings. The molecule has 1 aromatic carbocycles. The van der Waals surface area contributed by atoms with E-state index in [1.54, 1.807) is 36.4 Å². The molecule has 146 valence electrons. The fraction of sp³-hybridized carbons (Fsp3) is 0.250. The molecule has 0 saturated carbocycles. The summed E-state index contributed by atoms with van der Waals surface area (Å²) < 4.78 is 20.9. The molecule has 0 saturated heterocycles. The Kier molecular flexibility index (Phi) is 6.11. The Bertz CT molecular complexity index is 909. The lowest BCUT2D eigenvalue weighted by Gasteiger charge is -2.08. The van der Waals surface area contributed by atoms with Gasteiger partial charge in [0, 0.05) is 0 Å². The van der Waals surface area contributed by atoms with Crippen LogP contribution in [0.25, 0.3) is 0 Å². The van der Waals surface area contributed by atoms with Crippen LogP contribution in [-0.2, 0) is 22.7 Å². The molecule has 8 nitrogen and oxygen atoms in total. The molecular weight excluding hydrogens is 364 g/mol. The lowest BCUT2D eigenvalue weighted by Crippen LogP contribution is -2.28. The molecule has 0 radical (unpaired) electrons. The van der Waals surface area contributed by atoms with Crippen molar-refractivity contribution in [1.82, 2.24) is 10.5 Å². The average Bonchev–Trinajstić information content (AvgIpc) is 3.33. The summed E-state index contributed by atoms with van der Waals surface area (Å²) >= 11 is 0. The highest BCUT2D eigenvalue weighted by Crippen LogP contribution is 2.18. The number of nitrogens with one attached hydrogen (secondary N) is 1. The molecule has 0 bridgehead atoms. The number of amides is 1. The van der Waals surface area contributed by atoms with Gasteiger partial charge in [0.2, 0.25) is 0 Å². The minimum absolute atomic E-state index is 0.237. The fourth-order valence-electron chi connectivity index (χ4n) is 2.42. The summed E-state index contributed by atoms with van der Waals surface area (Å²) in [6.45, 7) is 3.85. The van der Waals surface area contributed by atoms with Gasteiger partial charge in [-0.3, -0.25) is 4.79 Å². The molecule has 2 aromatic heterocycles. The van der Waals surface area contributed by atoms with E-state index in [0.29, 0.717) is 29.4 Å². The maximum Gasteiger partial charge on any atom is 0.338 e. The second kappa shape index (κ2) is 8.90. The van der Waals surface area contributed by atoms with Gasteiger partial charge in [-0.15, -0.1) is 0 Å². The molecule has 8 heteroatoms. The summed E-state index contributed by atoms with van der Waals surface area (Å²) in [6, 6.07) is 9.93. The predicted octanol–water partition coefficient (Wildman–Crippen LogP) is 2.94. The van der Waals surface area contributed by atoms with Gasteiger partial charge in [-0.2, -0.15) is 0 Å². The highest BCUT2D eigenvalue weighted by Gasteiger charge is 2.12. The van der Waals surface area contributed by atoms with Gasteiger partial charge in [-0.05, 0) is 50.2 Å². The molecule has 2 heterocycles. The summed E-state index contributed by atoms with van der Waals surface area (Å²) in [5, 5.41) is 6.47. The van der Waals surface area contributed by atoms with Crippen LogP contribution in [0.4, 0.5) is 0 Å². The largest absolute Gasteiger partial charge is 0.489 e.